The first-order valence-electron chi connectivity index (χ1n) is 20.6. The van der Waals surface area contributed by atoms with Gasteiger partial charge in [0, 0.05) is 81.2 Å². The largest absolute Gasteiger partial charge is 0.456 e. The number of para-hydroxylation sites is 3. The molecule has 0 unspecified atom stereocenters. The van der Waals surface area contributed by atoms with E-state index >= 15 is 0 Å². The molecule has 0 fully saturated rings. The average Bonchev–Trinajstić information content (AvgIpc) is 4.01. The lowest BCUT2D eigenvalue weighted by molar-refractivity contribution is 0.668. The normalized spacial score (nSPS) is 11.9. The van der Waals surface area contributed by atoms with Gasteiger partial charge in [-0.05, 0) is 113 Å². The van der Waals surface area contributed by atoms with E-state index in [4.69, 9.17) is 8.83 Å². The van der Waals surface area contributed by atoms with Crippen LogP contribution in [0.25, 0.3) is 85.6 Å². The Bertz CT molecular complexity index is 3750. The summed E-state index contributed by atoms with van der Waals surface area (Å²) >= 11 is 1.89. The Morgan fingerprint density at radius 3 is 1.39 bits per heavy atom. The van der Waals surface area contributed by atoms with E-state index in [0.717, 1.165) is 78.0 Å². The third-order valence-corrected chi connectivity index (χ3v) is 13.4. The summed E-state index contributed by atoms with van der Waals surface area (Å²) in [5, 5.41) is 12.1. The molecule has 4 nitrogen and oxygen atoms in total. The van der Waals surface area contributed by atoms with Crippen molar-refractivity contribution in [3.05, 3.63) is 206 Å². The maximum Gasteiger partial charge on any atom is 0.135 e. The maximum atomic E-state index is 6.30. The van der Waals surface area contributed by atoms with Crippen LogP contribution in [0, 0.1) is 0 Å². The molecule has 13 aromatic rings. The van der Waals surface area contributed by atoms with E-state index in [1.165, 1.54) is 41.7 Å². The number of hydrogen-bond donors (Lipinski definition) is 0. The Morgan fingerprint density at radius 2 is 0.738 bits per heavy atom. The molecule has 0 bridgehead atoms. The van der Waals surface area contributed by atoms with Crippen molar-refractivity contribution in [2.75, 3.05) is 9.80 Å². The monoisotopic (exact) mass is 798 g/mol. The minimum Gasteiger partial charge on any atom is -0.456 e. The van der Waals surface area contributed by atoms with E-state index in [1.807, 2.05) is 35.6 Å². The molecular weight excluding hydrogens is 765 g/mol. The smallest absolute Gasteiger partial charge is 0.135 e. The van der Waals surface area contributed by atoms with Crippen molar-refractivity contribution in [2.45, 2.75) is 0 Å². The zero-order valence-corrected chi connectivity index (χ0v) is 33.6. The van der Waals surface area contributed by atoms with Crippen LogP contribution in [-0.2, 0) is 0 Å². The van der Waals surface area contributed by atoms with Crippen molar-refractivity contribution in [1.82, 2.24) is 0 Å². The molecule has 3 aromatic heterocycles. The van der Waals surface area contributed by atoms with E-state index in [9.17, 15) is 0 Å². The highest BCUT2D eigenvalue weighted by atomic mass is 32.1. The number of fused-ring (bicyclic) bond motifs is 14. The molecule has 0 spiro atoms. The minimum atomic E-state index is 0.863. The standard InChI is InChI=1S/C56H34N2O2S/c1-2-13-35(14-3-1)57(38-25-28-45-47(32-38)41-17-4-5-20-44(41)55-46-21-8-11-24-54(46)61-56(45)55)36-15-12-16-37(31-36)58(39-26-29-52-48(33-39)42-18-6-9-22-50(42)59-52)40-27-30-53-49(34-40)43-19-7-10-23-51(43)60-53/h1-34H. The quantitative estimate of drug-likeness (QED) is 0.157. The molecule has 0 radical (unpaired) electrons. The highest BCUT2D eigenvalue weighted by molar-refractivity contribution is 7.27. The van der Waals surface area contributed by atoms with Gasteiger partial charge < -0.3 is 18.6 Å². The van der Waals surface area contributed by atoms with Gasteiger partial charge in [-0.3, -0.25) is 0 Å². The van der Waals surface area contributed by atoms with Gasteiger partial charge in [0.2, 0.25) is 0 Å². The molecule has 0 amide bonds. The highest BCUT2D eigenvalue weighted by Gasteiger charge is 2.21. The zero-order valence-electron chi connectivity index (χ0n) is 32.7. The molecule has 5 heteroatoms. The van der Waals surface area contributed by atoms with Gasteiger partial charge in [0.1, 0.15) is 22.3 Å². The molecule has 61 heavy (non-hydrogen) atoms. The van der Waals surface area contributed by atoms with Gasteiger partial charge in [0.25, 0.3) is 0 Å². The summed E-state index contributed by atoms with van der Waals surface area (Å²) in [5.41, 5.74) is 9.78. The summed E-state index contributed by atoms with van der Waals surface area (Å²) in [6.45, 7) is 0. The third-order valence-electron chi connectivity index (χ3n) is 12.2. The van der Waals surface area contributed by atoms with Crippen LogP contribution in [0.15, 0.2) is 215 Å². The fourth-order valence-electron chi connectivity index (χ4n) is 9.48. The van der Waals surface area contributed by atoms with Crippen molar-refractivity contribution in [3.8, 4) is 0 Å². The second-order valence-corrected chi connectivity index (χ2v) is 16.7. The third kappa shape index (κ3) is 5.31. The minimum absolute atomic E-state index is 0.863. The molecule has 0 aliphatic carbocycles. The molecular formula is C56H34N2O2S. The zero-order chi connectivity index (χ0) is 40.0. The van der Waals surface area contributed by atoms with Crippen LogP contribution in [-0.4, -0.2) is 0 Å². The van der Waals surface area contributed by atoms with Crippen LogP contribution in [0.5, 0.6) is 0 Å². The van der Waals surface area contributed by atoms with Crippen molar-refractivity contribution in [3.63, 3.8) is 0 Å². The predicted octanol–water partition coefficient (Wildman–Crippen LogP) is 17.1. The summed E-state index contributed by atoms with van der Waals surface area (Å²) in [4.78, 5) is 4.73. The van der Waals surface area contributed by atoms with Gasteiger partial charge in [-0.1, -0.05) is 109 Å². The number of benzene rings is 10. The van der Waals surface area contributed by atoms with Crippen LogP contribution in [0.1, 0.15) is 0 Å². The first kappa shape index (κ1) is 34.0. The van der Waals surface area contributed by atoms with Gasteiger partial charge >= 0.3 is 0 Å². The summed E-state index contributed by atoms with van der Waals surface area (Å²) in [6.07, 6.45) is 0. The second-order valence-electron chi connectivity index (χ2n) is 15.7. The number of hydrogen-bond acceptors (Lipinski definition) is 5. The van der Waals surface area contributed by atoms with Crippen molar-refractivity contribution < 1.29 is 8.83 Å². The Morgan fingerprint density at radius 1 is 0.279 bits per heavy atom. The molecule has 0 atom stereocenters. The van der Waals surface area contributed by atoms with Gasteiger partial charge in [0.05, 0.1) is 0 Å². The Labute approximate surface area is 354 Å². The van der Waals surface area contributed by atoms with Crippen LogP contribution < -0.4 is 9.80 Å². The van der Waals surface area contributed by atoms with Crippen LogP contribution in [0.4, 0.5) is 34.1 Å². The fraction of sp³-hybridized carbons (Fsp3) is 0. The Hall–Kier alpha value is -7.86. The van der Waals surface area contributed by atoms with Crippen LogP contribution in [0.2, 0.25) is 0 Å². The van der Waals surface area contributed by atoms with Gasteiger partial charge in [-0.2, -0.15) is 0 Å². The molecule has 10 aromatic carbocycles. The number of thiophene rings is 1. The van der Waals surface area contributed by atoms with Crippen molar-refractivity contribution in [1.29, 1.82) is 0 Å². The topological polar surface area (TPSA) is 32.8 Å². The molecule has 0 saturated heterocycles. The number of anilines is 6. The number of furan rings is 2. The van der Waals surface area contributed by atoms with Crippen LogP contribution >= 0.6 is 11.3 Å². The first-order valence-corrected chi connectivity index (χ1v) is 21.4. The van der Waals surface area contributed by atoms with Gasteiger partial charge in [0.15, 0.2) is 0 Å². The lowest BCUT2D eigenvalue weighted by Crippen LogP contribution is -2.13. The number of nitrogens with zero attached hydrogens (tertiary/aromatic N) is 2. The van der Waals surface area contributed by atoms with E-state index in [-0.39, 0.29) is 0 Å². The van der Waals surface area contributed by atoms with E-state index in [1.54, 1.807) is 0 Å². The molecule has 0 N–H and O–H groups in total. The summed E-state index contributed by atoms with van der Waals surface area (Å²) in [7, 11) is 0. The molecule has 0 aliphatic heterocycles. The number of rotatable bonds is 6. The Kier molecular flexibility index (Phi) is 7.44. The lowest BCUT2D eigenvalue weighted by Gasteiger charge is -2.29. The maximum absolute atomic E-state index is 6.30. The van der Waals surface area contributed by atoms with E-state index in [0.29, 0.717) is 0 Å². The summed E-state index contributed by atoms with van der Waals surface area (Å²) in [5.74, 6) is 0. The SMILES string of the molecule is c1ccc(N(c2cccc(N(c3ccc4oc5ccccc5c4c3)c3ccc4oc5ccccc5c4c3)c2)c2ccc3c(c2)c2ccccc2c2c4ccccc4sc32)cc1. The fourth-order valence-corrected chi connectivity index (χ4v) is 10.7. The molecule has 0 saturated carbocycles. The highest BCUT2D eigenvalue weighted by Crippen LogP contribution is 2.47. The first-order chi connectivity index (χ1) is 30.2. The summed E-state index contributed by atoms with van der Waals surface area (Å²) < 4.78 is 15.2. The lowest BCUT2D eigenvalue weighted by atomic mass is 9.96. The molecule has 0 aliphatic rings. The van der Waals surface area contributed by atoms with Crippen LogP contribution in [0.3, 0.4) is 0 Å². The van der Waals surface area contributed by atoms with Gasteiger partial charge in [-0.25, -0.2) is 0 Å². The second kappa shape index (κ2) is 13.3. The Balaban J connectivity index is 1.03. The molecule has 286 valence electrons. The van der Waals surface area contributed by atoms with Crippen molar-refractivity contribution in [2.24, 2.45) is 0 Å². The van der Waals surface area contributed by atoms with Gasteiger partial charge in [-0.15, -0.1) is 11.3 Å². The average molecular weight is 799 g/mol. The predicted molar refractivity (Wildman–Crippen MR) is 258 cm³/mol. The van der Waals surface area contributed by atoms with E-state index in [2.05, 4.69) is 192 Å². The molecule has 3 heterocycles. The van der Waals surface area contributed by atoms with Crippen molar-refractivity contribution >= 4 is 131 Å². The van der Waals surface area contributed by atoms with E-state index < -0.39 is 0 Å². The molecule has 13 rings (SSSR count). The summed E-state index contributed by atoms with van der Waals surface area (Å²) in [6, 6.07) is 73.8.